The van der Waals surface area contributed by atoms with E-state index in [4.69, 9.17) is 0 Å². The lowest BCUT2D eigenvalue weighted by Crippen LogP contribution is -2.27. The maximum absolute atomic E-state index is 13.8. The summed E-state index contributed by atoms with van der Waals surface area (Å²) in [5, 5.41) is 3.26. The maximum atomic E-state index is 13.8. The Balaban J connectivity index is 2.11. The summed E-state index contributed by atoms with van der Waals surface area (Å²) in [5.41, 5.74) is 2.08. The number of halogens is 1. The van der Waals surface area contributed by atoms with E-state index in [-0.39, 0.29) is 5.82 Å². The Morgan fingerprint density at radius 2 is 2.05 bits per heavy atom. The minimum atomic E-state index is -0.123. The van der Waals surface area contributed by atoms with Gasteiger partial charge < -0.3 is 10.2 Å². The highest BCUT2D eigenvalue weighted by Crippen LogP contribution is 2.32. The molecule has 106 valence electrons. The number of benzene rings is 1. The Kier molecular flexibility index (Phi) is 5.20. The van der Waals surface area contributed by atoms with E-state index in [2.05, 4.69) is 30.1 Å². The zero-order valence-electron chi connectivity index (χ0n) is 12.1. The second kappa shape index (κ2) is 6.90. The Hall–Kier alpha value is -1.09. The van der Waals surface area contributed by atoms with Crippen LogP contribution in [0, 0.1) is 11.7 Å². The van der Waals surface area contributed by atoms with Gasteiger partial charge in [0.2, 0.25) is 0 Å². The summed E-state index contributed by atoms with van der Waals surface area (Å²) < 4.78 is 13.8. The van der Waals surface area contributed by atoms with E-state index in [0.29, 0.717) is 0 Å². The van der Waals surface area contributed by atoms with E-state index in [1.807, 2.05) is 0 Å². The first-order valence-electron chi connectivity index (χ1n) is 7.48. The molecule has 1 fully saturated rings. The minimum Gasteiger partial charge on any atom is -0.371 e. The fourth-order valence-corrected chi connectivity index (χ4v) is 2.40. The van der Waals surface area contributed by atoms with Gasteiger partial charge in [-0.15, -0.1) is 0 Å². The van der Waals surface area contributed by atoms with Gasteiger partial charge in [0.1, 0.15) is 5.82 Å². The molecule has 2 nitrogen and oxygen atoms in total. The van der Waals surface area contributed by atoms with Gasteiger partial charge in [-0.2, -0.15) is 0 Å². The summed E-state index contributed by atoms with van der Waals surface area (Å²) in [6, 6.07) is 5.44. The molecule has 0 spiro atoms. The molecule has 3 heteroatoms. The van der Waals surface area contributed by atoms with Crippen LogP contribution in [0.5, 0.6) is 0 Å². The summed E-state index contributed by atoms with van der Waals surface area (Å²) in [4.78, 5) is 2.34. The standard InChI is InChI=1S/C16H25FN2/c1-3-7-19(12-13-5-6-13)16-9-14(11-18-4-2)8-15(17)10-16/h8-10,13,18H,3-7,11-12H2,1-2H3. The summed E-state index contributed by atoms with van der Waals surface area (Å²) in [5.74, 6) is 0.703. The third kappa shape index (κ3) is 4.50. The molecule has 0 radical (unpaired) electrons. The molecule has 0 atom stereocenters. The van der Waals surface area contributed by atoms with Crippen LogP contribution in [-0.2, 0) is 6.54 Å². The van der Waals surface area contributed by atoms with Gasteiger partial charge in [-0.05, 0) is 55.5 Å². The zero-order chi connectivity index (χ0) is 13.7. The molecule has 2 rings (SSSR count). The van der Waals surface area contributed by atoms with Crippen molar-refractivity contribution in [3.8, 4) is 0 Å². The molecule has 0 aliphatic heterocycles. The first-order chi connectivity index (χ1) is 9.22. The van der Waals surface area contributed by atoms with Crippen molar-refractivity contribution in [2.75, 3.05) is 24.5 Å². The van der Waals surface area contributed by atoms with E-state index < -0.39 is 0 Å². The molecule has 1 aromatic carbocycles. The van der Waals surface area contributed by atoms with E-state index >= 15 is 0 Å². The van der Waals surface area contributed by atoms with Crippen molar-refractivity contribution in [1.29, 1.82) is 0 Å². The molecule has 0 saturated heterocycles. The molecule has 0 bridgehead atoms. The number of nitrogens with zero attached hydrogens (tertiary/aromatic N) is 1. The van der Waals surface area contributed by atoms with Gasteiger partial charge in [0.25, 0.3) is 0 Å². The van der Waals surface area contributed by atoms with E-state index in [1.165, 1.54) is 12.8 Å². The van der Waals surface area contributed by atoms with Gasteiger partial charge in [-0.1, -0.05) is 13.8 Å². The smallest absolute Gasteiger partial charge is 0.125 e. The first kappa shape index (κ1) is 14.3. The lowest BCUT2D eigenvalue weighted by atomic mass is 10.1. The van der Waals surface area contributed by atoms with Gasteiger partial charge in [-0.3, -0.25) is 0 Å². The molecule has 1 aromatic rings. The Morgan fingerprint density at radius 1 is 1.26 bits per heavy atom. The van der Waals surface area contributed by atoms with Gasteiger partial charge in [-0.25, -0.2) is 4.39 Å². The number of hydrogen-bond acceptors (Lipinski definition) is 2. The SMILES string of the molecule is CCCN(CC1CC1)c1cc(F)cc(CNCC)c1. The van der Waals surface area contributed by atoms with Crippen molar-refractivity contribution >= 4 is 5.69 Å². The molecule has 1 N–H and O–H groups in total. The molecule has 0 aromatic heterocycles. The quantitative estimate of drug-likeness (QED) is 0.772. The average molecular weight is 264 g/mol. The van der Waals surface area contributed by atoms with Crippen LogP contribution in [0.4, 0.5) is 10.1 Å². The third-order valence-corrected chi connectivity index (χ3v) is 3.56. The molecule has 0 unspecified atom stereocenters. The highest BCUT2D eigenvalue weighted by atomic mass is 19.1. The molecule has 19 heavy (non-hydrogen) atoms. The van der Waals surface area contributed by atoms with Crippen molar-refractivity contribution < 1.29 is 4.39 Å². The van der Waals surface area contributed by atoms with Crippen molar-refractivity contribution in [1.82, 2.24) is 5.32 Å². The monoisotopic (exact) mass is 264 g/mol. The Bertz CT molecular complexity index is 402. The summed E-state index contributed by atoms with van der Waals surface area (Å²) in [6.07, 6.45) is 3.77. The fraction of sp³-hybridized carbons (Fsp3) is 0.625. The normalized spacial score (nSPS) is 14.7. The van der Waals surface area contributed by atoms with E-state index in [1.54, 1.807) is 12.1 Å². The molecule has 1 saturated carbocycles. The number of anilines is 1. The first-order valence-corrected chi connectivity index (χ1v) is 7.48. The topological polar surface area (TPSA) is 15.3 Å². The van der Waals surface area contributed by atoms with Gasteiger partial charge in [0, 0.05) is 25.3 Å². The van der Waals surface area contributed by atoms with Crippen molar-refractivity contribution in [2.45, 2.75) is 39.7 Å². The summed E-state index contributed by atoms with van der Waals surface area (Å²) in [7, 11) is 0. The lowest BCUT2D eigenvalue weighted by Gasteiger charge is -2.25. The fourth-order valence-electron chi connectivity index (χ4n) is 2.40. The second-order valence-electron chi connectivity index (χ2n) is 5.49. The molecule has 0 amide bonds. The van der Waals surface area contributed by atoms with Crippen LogP contribution in [-0.4, -0.2) is 19.6 Å². The van der Waals surface area contributed by atoms with E-state index in [9.17, 15) is 4.39 Å². The minimum absolute atomic E-state index is 0.123. The lowest BCUT2D eigenvalue weighted by molar-refractivity contribution is 0.618. The highest BCUT2D eigenvalue weighted by Gasteiger charge is 2.24. The van der Waals surface area contributed by atoms with Gasteiger partial charge in [0.05, 0.1) is 0 Å². The summed E-state index contributed by atoms with van der Waals surface area (Å²) in [6.45, 7) is 7.99. The molecule has 1 aliphatic carbocycles. The van der Waals surface area contributed by atoms with Gasteiger partial charge in [0.15, 0.2) is 0 Å². The third-order valence-electron chi connectivity index (χ3n) is 3.56. The molecular formula is C16H25FN2. The predicted octanol–water partition coefficient (Wildman–Crippen LogP) is 3.56. The maximum Gasteiger partial charge on any atom is 0.125 e. The van der Waals surface area contributed by atoms with Crippen LogP contribution < -0.4 is 10.2 Å². The van der Waals surface area contributed by atoms with Crippen LogP contribution in [0.15, 0.2) is 18.2 Å². The number of rotatable bonds is 8. The van der Waals surface area contributed by atoms with Crippen LogP contribution in [0.2, 0.25) is 0 Å². The van der Waals surface area contributed by atoms with Gasteiger partial charge >= 0.3 is 0 Å². The number of hydrogen-bond donors (Lipinski definition) is 1. The van der Waals surface area contributed by atoms with Crippen LogP contribution >= 0.6 is 0 Å². The van der Waals surface area contributed by atoms with Crippen LogP contribution in [0.25, 0.3) is 0 Å². The zero-order valence-corrected chi connectivity index (χ0v) is 12.1. The molecular weight excluding hydrogens is 239 g/mol. The van der Waals surface area contributed by atoms with Crippen LogP contribution in [0.3, 0.4) is 0 Å². The Morgan fingerprint density at radius 3 is 2.68 bits per heavy atom. The number of nitrogens with one attached hydrogen (secondary N) is 1. The van der Waals surface area contributed by atoms with E-state index in [0.717, 1.165) is 49.8 Å². The highest BCUT2D eigenvalue weighted by molar-refractivity contribution is 5.49. The largest absolute Gasteiger partial charge is 0.371 e. The van der Waals surface area contributed by atoms with Crippen LogP contribution in [0.1, 0.15) is 38.7 Å². The molecule has 0 heterocycles. The molecule has 1 aliphatic rings. The summed E-state index contributed by atoms with van der Waals surface area (Å²) >= 11 is 0. The van der Waals surface area contributed by atoms with Crippen molar-refractivity contribution in [2.24, 2.45) is 5.92 Å². The predicted molar refractivity (Wildman–Crippen MR) is 79.0 cm³/mol. The second-order valence-corrected chi connectivity index (χ2v) is 5.49. The van der Waals surface area contributed by atoms with Crippen molar-refractivity contribution in [3.63, 3.8) is 0 Å². The van der Waals surface area contributed by atoms with Crippen molar-refractivity contribution in [3.05, 3.63) is 29.6 Å². The average Bonchev–Trinajstić information content (AvgIpc) is 3.19. The Labute approximate surface area is 116 Å².